The molecule has 154 valence electrons. The van der Waals surface area contributed by atoms with E-state index in [2.05, 4.69) is 22.5 Å². The number of halogens is 1. The fraction of sp³-hybridized carbons (Fsp3) is 0.227. The Morgan fingerprint density at radius 2 is 1.97 bits per heavy atom. The molecule has 0 saturated carbocycles. The molecule has 0 fully saturated rings. The molecule has 2 atom stereocenters. The summed E-state index contributed by atoms with van der Waals surface area (Å²) in [7, 11) is 0. The van der Waals surface area contributed by atoms with Gasteiger partial charge in [0.1, 0.15) is 17.7 Å². The molecule has 8 heteroatoms. The lowest BCUT2D eigenvalue weighted by atomic mass is 9.97. The van der Waals surface area contributed by atoms with Crippen LogP contribution < -0.4 is 15.4 Å². The molecule has 2 aromatic carbocycles. The number of rotatable bonds is 4. The minimum Gasteiger partial charge on any atom is -0.489 e. The predicted octanol–water partition coefficient (Wildman–Crippen LogP) is 5.04. The highest BCUT2D eigenvalue weighted by Gasteiger charge is 2.31. The van der Waals surface area contributed by atoms with Gasteiger partial charge in [-0.2, -0.15) is 0 Å². The van der Waals surface area contributed by atoms with Crippen molar-refractivity contribution in [3.05, 3.63) is 58.7 Å². The first-order valence-corrected chi connectivity index (χ1v) is 10.4. The Hall–Kier alpha value is -3.26. The van der Waals surface area contributed by atoms with Crippen molar-refractivity contribution in [3.63, 3.8) is 0 Å². The van der Waals surface area contributed by atoms with Crippen LogP contribution in [-0.4, -0.2) is 22.9 Å². The number of benzene rings is 2. The van der Waals surface area contributed by atoms with Crippen LogP contribution in [0.3, 0.4) is 0 Å². The molecule has 0 bridgehead atoms. The molecule has 6 nitrogen and oxygen atoms in total. The third-order valence-corrected chi connectivity index (χ3v) is 5.84. The molecule has 3 aromatic rings. The smallest absolute Gasteiger partial charge is 0.261 e. The molecular formula is C22H20FN3O3S. The van der Waals surface area contributed by atoms with E-state index in [0.29, 0.717) is 27.8 Å². The number of amides is 2. The van der Waals surface area contributed by atoms with E-state index in [-0.39, 0.29) is 29.4 Å². The summed E-state index contributed by atoms with van der Waals surface area (Å²) in [6, 6.07) is 9.90. The van der Waals surface area contributed by atoms with Crippen molar-refractivity contribution in [1.82, 2.24) is 4.98 Å². The first-order chi connectivity index (χ1) is 14.3. The van der Waals surface area contributed by atoms with Crippen LogP contribution in [0.25, 0.3) is 11.3 Å². The van der Waals surface area contributed by atoms with Gasteiger partial charge in [-0.15, -0.1) is 11.3 Å². The van der Waals surface area contributed by atoms with Gasteiger partial charge >= 0.3 is 0 Å². The molecule has 2 heterocycles. The standard InChI is InChI=1S/C22H20FN3O3S/c1-11-12(2)29-20-15(11)5-4-6-17(20)21(28)26-22-25-19(10-30-22)16-8-7-14(9-18(16)23)24-13(3)27/h4-12H,1-3H3,(H,24,27)(H,25,26,28). The highest BCUT2D eigenvalue weighted by Crippen LogP contribution is 2.40. The monoisotopic (exact) mass is 425 g/mol. The van der Waals surface area contributed by atoms with Crippen molar-refractivity contribution in [2.24, 2.45) is 0 Å². The lowest BCUT2D eigenvalue weighted by Crippen LogP contribution is -2.14. The molecule has 2 N–H and O–H groups in total. The third kappa shape index (κ3) is 3.78. The molecule has 30 heavy (non-hydrogen) atoms. The second-order valence-corrected chi connectivity index (χ2v) is 8.06. The van der Waals surface area contributed by atoms with Gasteiger partial charge in [-0.25, -0.2) is 9.37 Å². The summed E-state index contributed by atoms with van der Waals surface area (Å²) in [5.41, 5.74) is 2.52. The second-order valence-electron chi connectivity index (χ2n) is 7.20. The van der Waals surface area contributed by atoms with Gasteiger partial charge in [-0.3, -0.25) is 14.9 Å². The van der Waals surface area contributed by atoms with Crippen LogP contribution in [-0.2, 0) is 4.79 Å². The van der Waals surface area contributed by atoms with E-state index in [1.165, 1.54) is 24.3 Å². The summed E-state index contributed by atoms with van der Waals surface area (Å²) < 4.78 is 20.3. The van der Waals surface area contributed by atoms with Crippen LogP contribution in [0.15, 0.2) is 41.8 Å². The maximum Gasteiger partial charge on any atom is 0.261 e. The molecule has 2 unspecified atom stereocenters. The summed E-state index contributed by atoms with van der Waals surface area (Å²) in [5, 5.41) is 7.34. The molecule has 0 aliphatic carbocycles. The number of nitrogens with zero attached hydrogens (tertiary/aromatic N) is 1. The molecule has 4 rings (SSSR count). The number of carbonyl (C=O) groups excluding carboxylic acids is 2. The molecule has 0 radical (unpaired) electrons. The van der Waals surface area contributed by atoms with Gasteiger partial charge in [-0.1, -0.05) is 19.1 Å². The van der Waals surface area contributed by atoms with Crippen LogP contribution in [0.5, 0.6) is 5.75 Å². The average molecular weight is 425 g/mol. The fourth-order valence-electron chi connectivity index (χ4n) is 3.39. The maximum atomic E-state index is 14.5. The normalized spacial score (nSPS) is 17.2. The van der Waals surface area contributed by atoms with E-state index in [1.54, 1.807) is 23.6 Å². The summed E-state index contributed by atoms with van der Waals surface area (Å²) >= 11 is 1.21. The number of hydrogen-bond donors (Lipinski definition) is 2. The number of anilines is 2. The van der Waals surface area contributed by atoms with Crippen molar-refractivity contribution in [1.29, 1.82) is 0 Å². The van der Waals surface area contributed by atoms with Gasteiger partial charge < -0.3 is 10.1 Å². The van der Waals surface area contributed by atoms with Gasteiger partial charge in [0, 0.05) is 35.0 Å². The first-order valence-electron chi connectivity index (χ1n) is 9.47. The number of thiazole rings is 1. The largest absolute Gasteiger partial charge is 0.489 e. The Morgan fingerprint density at radius 1 is 1.17 bits per heavy atom. The van der Waals surface area contributed by atoms with Crippen molar-refractivity contribution in [2.75, 3.05) is 10.6 Å². The number of aromatic nitrogens is 1. The number of hydrogen-bond acceptors (Lipinski definition) is 5. The van der Waals surface area contributed by atoms with E-state index >= 15 is 0 Å². The van der Waals surface area contributed by atoms with Crippen LogP contribution in [0.2, 0.25) is 0 Å². The number of fused-ring (bicyclic) bond motifs is 1. The number of nitrogens with one attached hydrogen (secondary N) is 2. The Morgan fingerprint density at radius 3 is 2.70 bits per heavy atom. The van der Waals surface area contributed by atoms with Gasteiger partial charge in [0.05, 0.1) is 11.3 Å². The van der Waals surface area contributed by atoms with Crippen LogP contribution >= 0.6 is 11.3 Å². The van der Waals surface area contributed by atoms with Gasteiger partial charge in [0.2, 0.25) is 5.91 Å². The van der Waals surface area contributed by atoms with Crippen LogP contribution in [0.4, 0.5) is 15.2 Å². The lowest BCUT2D eigenvalue weighted by Gasteiger charge is -2.09. The van der Waals surface area contributed by atoms with Gasteiger partial charge in [-0.05, 0) is 31.2 Å². The summed E-state index contributed by atoms with van der Waals surface area (Å²) in [6.45, 7) is 5.40. The Bertz CT molecular complexity index is 1140. The second kappa shape index (κ2) is 7.87. The third-order valence-electron chi connectivity index (χ3n) is 5.08. The van der Waals surface area contributed by atoms with Crippen LogP contribution in [0.1, 0.15) is 42.6 Å². The highest BCUT2D eigenvalue weighted by molar-refractivity contribution is 7.14. The molecule has 1 aromatic heterocycles. The molecule has 1 aliphatic heterocycles. The van der Waals surface area contributed by atoms with Gasteiger partial charge in [0.25, 0.3) is 5.91 Å². The highest BCUT2D eigenvalue weighted by atomic mass is 32.1. The van der Waals surface area contributed by atoms with Gasteiger partial charge in [0.15, 0.2) is 5.13 Å². The molecule has 0 spiro atoms. The zero-order valence-corrected chi connectivity index (χ0v) is 17.5. The maximum absolute atomic E-state index is 14.5. The van der Waals surface area contributed by atoms with Crippen molar-refractivity contribution < 1.29 is 18.7 Å². The predicted molar refractivity (Wildman–Crippen MR) is 115 cm³/mol. The van der Waals surface area contributed by atoms with E-state index in [1.807, 2.05) is 19.1 Å². The molecule has 0 saturated heterocycles. The molecular weight excluding hydrogens is 405 g/mol. The van der Waals surface area contributed by atoms with E-state index in [4.69, 9.17) is 4.74 Å². The van der Waals surface area contributed by atoms with Crippen molar-refractivity contribution >= 4 is 34.0 Å². The quantitative estimate of drug-likeness (QED) is 0.613. The zero-order chi connectivity index (χ0) is 21.4. The summed E-state index contributed by atoms with van der Waals surface area (Å²) in [4.78, 5) is 28.3. The number of ether oxygens (including phenoxy) is 1. The first kappa shape index (κ1) is 20.0. The lowest BCUT2D eigenvalue weighted by molar-refractivity contribution is -0.114. The van der Waals surface area contributed by atoms with E-state index in [9.17, 15) is 14.0 Å². The Kier molecular flexibility index (Phi) is 5.26. The minimum absolute atomic E-state index is 0.00357. The number of para-hydroxylation sites is 1. The topological polar surface area (TPSA) is 80.3 Å². The fourth-order valence-corrected chi connectivity index (χ4v) is 4.09. The molecule has 2 amide bonds. The van der Waals surface area contributed by atoms with Crippen LogP contribution in [0, 0.1) is 5.82 Å². The van der Waals surface area contributed by atoms with Crippen molar-refractivity contribution in [3.8, 4) is 17.0 Å². The van der Waals surface area contributed by atoms with E-state index < -0.39 is 5.82 Å². The number of carbonyl (C=O) groups is 2. The zero-order valence-electron chi connectivity index (χ0n) is 16.7. The summed E-state index contributed by atoms with van der Waals surface area (Å²) in [6.07, 6.45) is 0.00357. The average Bonchev–Trinajstić information content (AvgIpc) is 3.26. The molecule has 1 aliphatic rings. The SMILES string of the molecule is CC(=O)Nc1ccc(-c2csc(NC(=O)c3cccc4c3OC(C)C4C)n2)c(F)c1. The minimum atomic E-state index is -0.512. The van der Waals surface area contributed by atoms with E-state index in [0.717, 1.165) is 5.56 Å². The Balaban J connectivity index is 1.54. The summed E-state index contributed by atoms with van der Waals surface area (Å²) in [5.74, 6) is -0.299. The Labute approximate surface area is 177 Å². The van der Waals surface area contributed by atoms with Crippen molar-refractivity contribution in [2.45, 2.75) is 32.8 Å².